The predicted molar refractivity (Wildman–Crippen MR) is 76.5 cm³/mol. The fourth-order valence-electron chi connectivity index (χ4n) is 1.61. The lowest BCUT2D eigenvalue weighted by Crippen LogP contribution is -2.28. The fraction of sp³-hybridized carbons (Fsp3) is 0.154. The van der Waals surface area contributed by atoms with Crippen molar-refractivity contribution in [3.05, 3.63) is 52.4 Å². The van der Waals surface area contributed by atoms with Gasteiger partial charge >= 0.3 is 0 Å². The van der Waals surface area contributed by atoms with E-state index in [4.69, 9.17) is 5.73 Å². The van der Waals surface area contributed by atoms with Crippen molar-refractivity contribution in [2.45, 2.75) is 13.0 Å². The number of aromatic nitrogens is 2. The molecule has 0 bridgehead atoms. The summed E-state index contributed by atoms with van der Waals surface area (Å²) in [5.74, 6) is -0.0710. The lowest BCUT2D eigenvalue weighted by Gasteiger charge is -2.14. The van der Waals surface area contributed by atoms with Crippen LogP contribution in [0.25, 0.3) is 0 Å². The first-order chi connectivity index (χ1) is 9.08. The number of amides is 1. The number of nitrogen functional groups attached to an aromatic ring is 1. The van der Waals surface area contributed by atoms with Crippen LogP contribution in [0.2, 0.25) is 0 Å². The third-order valence-corrected chi connectivity index (χ3v) is 3.04. The summed E-state index contributed by atoms with van der Waals surface area (Å²) in [5.41, 5.74) is 6.83. The number of pyridine rings is 2. The topological polar surface area (TPSA) is 80.9 Å². The van der Waals surface area contributed by atoms with E-state index in [0.717, 1.165) is 5.69 Å². The molecule has 1 amide bonds. The molecule has 2 heterocycles. The van der Waals surface area contributed by atoms with E-state index < -0.39 is 0 Å². The number of anilines is 1. The van der Waals surface area contributed by atoms with E-state index in [9.17, 15) is 4.79 Å². The minimum absolute atomic E-state index is 0.202. The van der Waals surface area contributed by atoms with Crippen LogP contribution in [0.15, 0.2) is 41.1 Å². The SMILES string of the molecule is CC(NC(=O)c1cc(Br)cnc1N)c1ccccn1. The highest BCUT2D eigenvalue weighted by Crippen LogP contribution is 2.17. The molecule has 3 N–H and O–H groups in total. The van der Waals surface area contributed by atoms with E-state index in [-0.39, 0.29) is 17.8 Å². The van der Waals surface area contributed by atoms with Crippen LogP contribution < -0.4 is 11.1 Å². The first kappa shape index (κ1) is 13.5. The molecule has 19 heavy (non-hydrogen) atoms. The van der Waals surface area contributed by atoms with Crippen LogP contribution >= 0.6 is 15.9 Å². The summed E-state index contributed by atoms with van der Waals surface area (Å²) in [6, 6.07) is 7.00. The van der Waals surface area contributed by atoms with Crippen molar-refractivity contribution in [1.82, 2.24) is 15.3 Å². The molecule has 0 fully saturated rings. The molecule has 6 heteroatoms. The average molecular weight is 321 g/mol. The summed E-state index contributed by atoms with van der Waals surface area (Å²) >= 11 is 3.27. The lowest BCUT2D eigenvalue weighted by atomic mass is 10.2. The van der Waals surface area contributed by atoms with Crippen LogP contribution in [0.4, 0.5) is 5.82 Å². The highest BCUT2D eigenvalue weighted by atomic mass is 79.9. The molecule has 0 radical (unpaired) electrons. The van der Waals surface area contributed by atoms with Gasteiger partial charge in [-0.3, -0.25) is 9.78 Å². The largest absolute Gasteiger partial charge is 0.383 e. The van der Waals surface area contributed by atoms with E-state index >= 15 is 0 Å². The zero-order valence-corrected chi connectivity index (χ0v) is 11.9. The Morgan fingerprint density at radius 3 is 2.89 bits per heavy atom. The average Bonchev–Trinajstić information content (AvgIpc) is 2.42. The summed E-state index contributed by atoms with van der Waals surface area (Å²) < 4.78 is 0.706. The first-order valence-corrected chi connectivity index (χ1v) is 6.50. The molecule has 1 atom stereocenters. The lowest BCUT2D eigenvalue weighted by molar-refractivity contribution is 0.0939. The Morgan fingerprint density at radius 2 is 2.21 bits per heavy atom. The van der Waals surface area contributed by atoms with Gasteiger partial charge in [0, 0.05) is 16.9 Å². The number of carbonyl (C=O) groups is 1. The monoisotopic (exact) mass is 320 g/mol. The molecular weight excluding hydrogens is 308 g/mol. The number of rotatable bonds is 3. The molecule has 0 aliphatic carbocycles. The van der Waals surface area contributed by atoms with Crippen LogP contribution in [0, 0.1) is 0 Å². The molecular formula is C13H13BrN4O. The van der Waals surface area contributed by atoms with Gasteiger partial charge in [0.05, 0.1) is 17.3 Å². The van der Waals surface area contributed by atoms with Crippen molar-refractivity contribution in [2.75, 3.05) is 5.73 Å². The molecule has 2 aromatic rings. The Labute approximate surface area is 119 Å². The van der Waals surface area contributed by atoms with Crippen molar-refractivity contribution in [3.63, 3.8) is 0 Å². The first-order valence-electron chi connectivity index (χ1n) is 5.70. The minimum atomic E-state index is -0.274. The van der Waals surface area contributed by atoms with Crippen molar-refractivity contribution in [2.24, 2.45) is 0 Å². The van der Waals surface area contributed by atoms with Crippen molar-refractivity contribution >= 4 is 27.7 Å². The third kappa shape index (κ3) is 3.29. The Morgan fingerprint density at radius 1 is 1.42 bits per heavy atom. The molecule has 0 saturated carbocycles. The zero-order chi connectivity index (χ0) is 13.8. The Bertz CT molecular complexity index is 588. The third-order valence-electron chi connectivity index (χ3n) is 2.61. The maximum atomic E-state index is 12.1. The highest BCUT2D eigenvalue weighted by Gasteiger charge is 2.15. The smallest absolute Gasteiger partial charge is 0.255 e. The van der Waals surface area contributed by atoms with E-state index in [1.807, 2.05) is 25.1 Å². The van der Waals surface area contributed by atoms with E-state index in [2.05, 4.69) is 31.2 Å². The van der Waals surface area contributed by atoms with Gasteiger partial charge in [-0.2, -0.15) is 0 Å². The van der Waals surface area contributed by atoms with Gasteiger partial charge in [-0.15, -0.1) is 0 Å². The van der Waals surface area contributed by atoms with Crippen LogP contribution in [-0.2, 0) is 0 Å². The van der Waals surface area contributed by atoms with Crippen LogP contribution in [0.1, 0.15) is 29.0 Å². The number of nitrogens with zero attached hydrogens (tertiary/aromatic N) is 2. The van der Waals surface area contributed by atoms with Crippen LogP contribution in [0.5, 0.6) is 0 Å². The summed E-state index contributed by atoms with van der Waals surface area (Å²) in [6.07, 6.45) is 3.24. The molecule has 5 nitrogen and oxygen atoms in total. The molecule has 0 spiro atoms. The Kier molecular flexibility index (Phi) is 4.11. The highest BCUT2D eigenvalue weighted by molar-refractivity contribution is 9.10. The van der Waals surface area contributed by atoms with Gasteiger partial charge in [-0.05, 0) is 41.1 Å². The summed E-state index contributed by atoms with van der Waals surface area (Å²) in [5, 5.41) is 2.84. The van der Waals surface area contributed by atoms with Gasteiger partial charge in [0.1, 0.15) is 5.82 Å². The zero-order valence-electron chi connectivity index (χ0n) is 10.3. The molecule has 0 aliphatic heterocycles. The number of carbonyl (C=O) groups excluding carboxylic acids is 1. The molecule has 1 unspecified atom stereocenters. The second kappa shape index (κ2) is 5.79. The number of hydrogen-bond acceptors (Lipinski definition) is 4. The van der Waals surface area contributed by atoms with Crippen molar-refractivity contribution in [1.29, 1.82) is 0 Å². The van der Waals surface area contributed by atoms with Gasteiger partial charge in [0.25, 0.3) is 5.91 Å². The summed E-state index contributed by atoms with van der Waals surface area (Å²) in [4.78, 5) is 20.3. The maximum absolute atomic E-state index is 12.1. The second-order valence-corrected chi connectivity index (χ2v) is 4.95. The van der Waals surface area contributed by atoms with Crippen molar-refractivity contribution < 1.29 is 4.79 Å². The summed E-state index contributed by atoms with van der Waals surface area (Å²) in [6.45, 7) is 1.86. The molecule has 0 aliphatic rings. The number of nitrogens with one attached hydrogen (secondary N) is 1. The van der Waals surface area contributed by atoms with Crippen LogP contribution in [-0.4, -0.2) is 15.9 Å². The Balaban J connectivity index is 2.15. The molecule has 2 aromatic heterocycles. The standard InChI is InChI=1S/C13H13BrN4O/c1-8(11-4-2-3-5-16-11)18-13(19)10-6-9(14)7-17-12(10)15/h2-8H,1H3,(H2,15,17)(H,18,19). The van der Waals surface area contributed by atoms with Gasteiger partial charge in [-0.25, -0.2) is 4.98 Å². The van der Waals surface area contributed by atoms with Gasteiger partial charge < -0.3 is 11.1 Å². The van der Waals surface area contributed by atoms with Crippen molar-refractivity contribution in [3.8, 4) is 0 Å². The van der Waals surface area contributed by atoms with E-state index in [1.165, 1.54) is 0 Å². The molecule has 0 saturated heterocycles. The van der Waals surface area contributed by atoms with E-state index in [0.29, 0.717) is 10.0 Å². The molecule has 2 rings (SSSR count). The quantitative estimate of drug-likeness (QED) is 0.909. The number of nitrogens with two attached hydrogens (primary N) is 1. The van der Waals surface area contributed by atoms with Crippen LogP contribution in [0.3, 0.4) is 0 Å². The number of hydrogen-bond donors (Lipinski definition) is 2. The summed E-state index contributed by atoms with van der Waals surface area (Å²) in [7, 11) is 0. The molecule has 0 aromatic carbocycles. The van der Waals surface area contributed by atoms with Gasteiger partial charge in [0.2, 0.25) is 0 Å². The van der Waals surface area contributed by atoms with Gasteiger partial charge in [0.15, 0.2) is 0 Å². The Hall–Kier alpha value is -1.95. The van der Waals surface area contributed by atoms with Gasteiger partial charge in [-0.1, -0.05) is 6.07 Å². The minimum Gasteiger partial charge on any atom is -0.383 e. The number of halogens is 1. The maximum Gasteiger partial charge on any atom is 0.255 e. The second-order valence-electron chi connectivity index (χ2n) is 4.04. The predicted octanol–water partition coefficient (Wildman–Crippen LogP) is 2.31. The molecule has 98 valence electrons. The normalized spacial score (nSPS) is 11.9. The van der Waals surface area contributed by atoms with E-state index in [1.54, 1.807) is 18.5 Å². The fourth-order valence-corrected chi connectivity index (χ4v) is 1.94.